The highest BCUT2D eigenvalue weighted by Crippen LogP contribution is 1.94. The van der Waals surface area contributed by atoms with Gasteiger partial charge in [-0.3, -0.25) is 4.99 Å². The van der Waals surface area contributed by atoms with Gasteiger partial charge in [-0.05, 0) is 19.3 Å². The molecule has 2 nitrogen and oxygen atoms in total. The van der Waals surface area contributed by atoms with Crippen LogP contribution in [0.1, 0.15) is 27.2 Å². The summed E-state index contributed by atoms with van der Waals surface area (Å²) >= 11 is 0. The molecule has 1 N–H and O–H groups in total. The van der Waals surface area contributed by atoms with Crippen molar-refractivity contribution >= 4 is 11.9 Å². The zero-order chi connectivity index (χ0) is 7.98. The van der Waals surface area contributed by atoms with Gasteiger partial charge in [0.25, 0.3) is 0 Å². The molecule has 1 atom stereocenters. The van der Waals surface area contributed by atoms with Gasteiger partial charge in [0, 0.05) is 11.9 Å². The van der Waals surface area contributed by atoms with E-state index in [2.05, 4.69) is 18.8 Å². The summed E-state index contributed by atoms with van der Waals surface area (Å²) in [6.07, 6.45) is 3.05. The Labute approximate surface area is 62.9 Å². The van der Waals surface area contributed by atoms with Crippen LogP contribution >= 0.6 is 0 Å². The Bertz CT molecular complexity index is 127. The number of rotatable bonds is 4. The minimum atomic E-state index is 0.555. The van der Waals surface area contributed by atoms with Crippen LogP contribution in [0, 0.1) is 11.3 Å². The standard InChI is InChI=1S/C8H16N2/c1-4-7(2)5-10-6-8(3)9/h5,7,9H,4,6H2,1-3H3/b9-8?,10-5-. The molecule has 0 radical (unpaired) electrons. The third-order valence-electron chi connectivity index (χ3n) is 1.33. The summed E-state index contributed by atoms with van der Waals surface area (Å²) < 4.78 is 0. The first-order valence-corrected chi connectivity index (χ1v) is 3.70. The SMILES string of the molecule is CCC(C)/C=N\CC(C)=N. The number of nitrogens with one attached hydrogen (secondary N) is 1. The highest BCUT2D eigenvalue weighted by Gasteiger charge is 1.90. The lowest BCUT2D eigenvalue weighted by atomic mass is 10.1. The van der Waals surface area contributed by atoms with E-state index in [9.17, 15) is 0 Å². The molecule has 1 unspecified atom stereocenters. The predicted octanol–water partition coefficient (Wildman–Crippen LogP) is 2.14. The molecule has 0 aromatic carbocycles. The molecule has 0 heterocycles. The molecule has 0 aromatic rings. The van der Waals surface area contributed by atoms with Crippen LogP contribution in [-0.4, -0.2) is 18.5 Å². The topological polar surface area (TPSA) is 36.2 Å². The van der Waals surface area contributed by atoms with Gasteiger partial charge in [-0.15, -0.1) is 0 Å². The Morgan fingerprint density at radius 1 is 1.70 bits per heavy atom. The van der Waals surface area contributed by atoms with Crippen molar-refractivity contribution in [3.8, 4) is 0 Å². The Morgan fingerprint density at radius 3 is 2.70 bits per heavy atom. The van der Waals surface area contributed by atoms with Crippen LogP contribution in [-0.2, 0) is 0 Å². The van der Waals surface area contributed by atoms with E-state index >= 15 is 0 Å². The second-order valence-electron chi connectivity index (χ2n) is 2.66. The molecule has 2 heteroatoms. The van der Waals surface area contributed by atoms with Crippen LogP contribution in [0.3, 0.4) is 0 Å². The Hall–Kier alpha value is -0.660. The lowest BCUT2D eigenvalue weighted by Gasteiger charge is -1.97. The number of aliphatic imine (C=N–C) groups is 1. The van der Waals surface area contributed by atoms with Crippen LogP contribution in [0.4, 0.5) is 0 Å². The first-order valence-electron chi connectivity index (χ1n) is 3.70. The highest BCUT2D eigenvalue weighted by atomic mass is 14.7. The molecule has 10 heavy (non-hydrogen) atoms. The summed E-state index contributed by atoms with van der Waals surface area (Å²) in [5.74, 6) is 0.555. The van der Waals surface area contributed by atoms with E-state index in [0.717, 1.165) is 6.42 Å². The van der Waals surface area contributed by atoms with E-state index in [1.165, 1.54) is 0 Å². The third kappa shape index (κ3) is 5.48. The van der Waals surface area contributed by atoms with Crippen molar-refractivity contribution in [3.05, 3.63) is 0 Å². The molecule has 0 bridgehead atoms. The zero-order valence-electron chi connectivity index (χ0n) is 7.02. The van der Waals surface area contributed by atoms with Crippen molar-refractivity contribution in [3.63, 3.8) is 0 Å². The molecule has 0 amide bonds. The number of hydrogen-bond acceptors (Lipinski definition) is 2. The fourth-order valence-electron chi connectivity index (χ4n) is 0.475. The van der Waals surface area contributed by atoms with Crippen LogP contribution < -0.4 is 0 Å². The van der Waals surface area contributed by atoms with E-state index in [1.54, 1.807) is 6.92 Å². The monoisotopic (exact) mass is 140 g/mol. The van der Waals surface area contributed by atoms with Crippen molar-refractivity contribution < 1.29 is 0 Å². The number of nitrogens with zero attached hydrogens (tertiary/aromatic N) is 1. The summed E-state index contributed by atoms with van der Waals surface area (Å²) in [6, 6.07) is 0. The normalized spacial score (nSPS) is 13.9. The second kappa shape index (κ2) is 5.15. The minimum Gasteiger partial charge on any atom is -0.308 e. The summed E-state index contributed by atoms with van der Waals surface area (Å²) in [5.41, 5.74) is 0.625. The second-order valence-corrected chi connectivity index (χ2v) is 2.66. The van der Waals surface area contributed by atoms with E-state index in [4.69, 9.17) is 5.41 Å². The van der Waals surface area contributed by atoms with Crippen LogP contribution in [0.5, 0.6) is 0 Å². The predicted molar refractivity (Wildman–Crippen MR) is 46.2 cm³/mol. The van der Waals surface area contributed by atoms with Crippen LogP contribution in [0.2, 0.25) is 0 Å². The van der Waals surface area contributed by atoms with Gasteiger partial charge in [0.05, 0.1) is 6.54 Å². The Balaban J connectivity index is 3.45. The van der Waals surface area contributed by atoms with Crippen molar-refractivity contribution in [2.75, 3.05) is 6.54 Å². The molecule has 0 aliphatic heterocycles. The van der Waals surface area contributed by atoms with Gasteiger partial charge in [0.2, 0.25) is 0 Å². The lowest BCUT2D eigenvalue weighted by molar-refractivity contribution is 0.752. The molecule has 0 aliphatic rings. The first-order chi connectivity index (χ1) is 4.66. The molecule has 0 rings (SSSR count). The largest absolute Gasteiger partial charge is 0.308 e. The average molecular weight is 140 g/mol. The molecule has 58 valence electrons. The van der Waals surface area contributed by atoms with Crippen molar-refractivity contribution in [2.24, 2.45) is 10.9 Å². The average Bonchev–Trinajstić information content (AvgIpc) is 1.87. The Kier molecular flexibility index (Phi) is 4.81. The summed E-state index contributed by atoms with van der Waals surface area (Å²) in [6.45, 7) is 6.59. The molecule has 0 aromatic heterocycles. The highest BCUT2D eigenvalue weighted by molar-refractivity contribution is 5.82. The van der Waals surface area contributed by atoms with Gasteiger partial charge in [-0.1, -0.05) is 13.8 Å². The maximum atomic E-state index is 7.08. The van der Waals surface area contributed by atoms with Gasteiger partial charge in [0.15, 0.2) is 0 Å². The van der Waals surface area contributed by atoms with Crippen molar-refractivity contribution in [1.29, 1.82) is 5.41 Å². The quantitative estimate of drug-likeness (QED) is 0.581. The van der Waals surface area contributed by atoms with Gasteiger partial charge in [0.1, 0.15) is 0 Å². The summed E-state index contributed by atoms with van der Waals surface area (Å²) in [7, 11) is 0. The minimum absolute atomic E-state index is 0.555. The summed E-state index contributed by atoms with van der Waals surface area (Å²) in [4.78, 5) is 4.09. The van der Waals surface area contributed by atoms with Gasteiger partial charge in [-0.2, -0.15) is 0 Å². The van der Waals surface area contributed by atoms with Gasteiger partial charge < -0.3 is 5.41 Å². The summed E-state index contributed by atoms with van der Waals surface area (Å²) in [5, 5.41) is 7.08. The zero-order valence-corrected chi connectivity index (χ0v) is 7.02. The molecule has 0 spiro atoms. The molecular formula is C8H16N2. The lowest BCUT2D eigenvalue weighted by Crippen LogP contribution is -1.98. The number of hydrogen-bond donors (Lipinski definition) is 1. The van der Waals surface area contributed by atoms with Gasteiger partial charge >= 0.3 is 0 Å². The van der Waals surface area contributed by atoms with E-state index in [-0.39, 0.29) is 0 Å². The van der Waals surface area contributed by atoms with Crippen molar-refractivity contribution in [2.45, 2.75) is 27.2 Å². The molecule has 0 aliphatic carbocycles. The van der Waals surface area contributed by atoms with Crippen LogP contribution in [0.15, 0.2) is 4.99 Å². The van der Waals surface area contributed by atoms with Crippen LogP contribution in [0.25, 0.3) is 0 Å². The fraction of sp³-hybridized carbons (Fsp3) is 0.750. The maximum Gasteiger partial charge on any atom is 0.0758 e. The molecule has 0 saturated carbocycles. The fourth-order valence-corrected chi connectivity index (χ4v) is 0.475. The first kappa shape index (κ1) is 9.34. The van der Waals surface area contributed by atoms with E-state index in [1.807, 2.05) is 6.21 Å². The maximum absolute atomic E-state index is 7.08. The van der Waals surface area contributed by atoms with E-state index < -0.39 is 0 Å². The molecular weight excluding hydrogens is 124 g/mol. The van der Waals surface area contributed by atoms with Gasteiger partial charge in [-0.25, -0.2) is 0 Å². The Morgan fingerprint density at radius 2 is 2.30 bits per heavy atom. The molecule has 0 saturated heterocycles. The van der Waals surface area contributed by atoms with E-state index in [0.29, 0.717) is 18.2 Å². The third-order valence-corrected chi connectivity index (χ3v) is 1.33. The smallest absolute Gasteiger partial charge is 0.0758 e. The van der Waals surface area contributed by atoms with Crippen molar-refractivity contribution in [1.82, 2.24) is 0 Å². The molecule has 0 fully saturated rings.